The Morgan fingerprint density at radius 1 is 1.33 bits per heavy atom. The molecule has 0 aliphatic heterocycles. The summed E-state index contributed by atoms with van der Waals surface area (Å²) in [4.78, 5) is 2.92. The number of nitrogens with zero attached hydrogens (tertiary/aromatic N) is 2. The van der Waals surface area contributed by atoms with Gasteiger partial charge in [0, 0.05) is 6.07 Å². The maximum absolute atomic E-state index is 12.6. The Morgan fingerprint density at radius 3 is 2.58 bits per heavy atom. The summed E-state index contributed by atoms with van der Waals surface area (Å²) in [6, 6.07) is 1.95. The SMILES string of the molecule is N#CCc1nc(F)c(F)cc1F. The third-order valence-corrected chi connectivity index (χ3v) is 1.21. The highest BCUT2D eigenvalue weighted by Crippen LogP contribution is 2.09. The predicted octanol–water partition coefficient (Wildman–Crippen LogP) is 1.56. The summed E-state index contributed by atoms with van der Waals surface area (Å²) < 4.78 is 37.2. The summed E-state index contributed by atoms with van der Waals surface area (Å²) >= 11 is 0. The molecule has 0 bridgehead atoms. The monoisotopic (exact) mass is 172 g/mol. The van der Waals surface area contributed by atoms with Crippen LogP contribution in [-0.4, -0.2) is 4.98 Å². The van der Waals surface area contributed by atoms with Crippen molar-refractivity contribution in [2.75, 3.05) is 0 Å². The van der Waals surface area contributed by atoms with Crippen molar-refractivity contribution >= 4 is 0 Å². The molecule has 0 atom stereocenters. The molecule has 0 spiro atoms. The average Bonchev–Trinajstić information content (AvgIpc) is 2.01. The van der Waals surface area contributed by atoms with Crippen LogP contribution >= 0.6 is 0 Å². The number of hydrogen-bond acceptors (Lipinski definition) is 2. The Labute approximate surface area is 66.3 Å². The van der Waals surface area contributed by atoms with E-state index in [9.17, 15) is 13.2 Å². The minimum Gasteiger partial charge on any atom is -0.218 e. The minimum absolute atomic E-state index is 0.370. The maximum atomic E-state index is 12.6. The number of halogens is 3. The Morgan fingerprint density at radius 2 is 2.00 bits per heavy atom. The van der Waals surface area contributed by atoms with Gasteiger partial charge in [0.1, 0.15) is 5.82 Å². The Balaban J connectivity index is 3.16. The zero-order chi connectivity index (χ0) is 9.14. The average molecular weight is 172 g/mol. The number of hydrogen-bond donors (Lipinski definition) is 0. The van der Waals surface area contributed by atoms with E-state index in [1.807, 2.05) is 0 Å². The van der Waals surface area contributed by atoms with Gasteiger partial charge in [0.15, 0.2) is 5.82 Å². The largest absolute Gasteiger partial charge is 0.249 e. The van der Waals surface area contributed by atoms with Crippen molar-refractivity contribution in [2.24, 2.45) is 0 Å². The van der Waals surface area contributed by atoms with Crippen LogP contribution in [0, 0.1) is 28.9 Å². The third-order valence-electron chi connectivity index (χ3n) is 1.21. The molecule has 0 saturated heterocycles. The summed E-state index contributed by atoms with van der Waals surface area (Å²) in [6.45, 7) is 0. The molecule has 0 N–H and O–H groups in total. The second-order valence-electron chi connectivity index (χ2n) is 2.02. The van der Waals surface area contributed by atoms with Crippen LogP contribution in [0.2, 0.25) is 0 Å². The van der Waals surface area contributed by atoms with E-state index in [1.165, 1.54) is 0 Å². The molecule has 12 heavy (non-hydrogen) atoms. The van der Waals surface area contributed by atoms with Crippen LogP contribution in [0.4, 0.5) is 13.2 Å². The lowest BCUT2D eigenvalue weighted by atomic mass is 10.3. The van der Waals surface area contributed by atoms with Crippen LogP contribution in [0.15, 0.2) is 6.07 Å². The highest BCUT2D eigenvalue weighted by atomic mass is 19.2. The van der Waals surface area contributed by atoms with Crippen LogP contribution in [0.25, 0.3) is 0 Å². The van der Waals surface area contributed by atoms with Gasteiger partial charge in [-0.05, 0) is 0 Å². The zero-order valence-electron chi connectivity index (χ0n) is 5.81. The fourth-order valence-electron chi connectivity index (χ4n) is 0.678. The zero-order valence-corrected chi connectivity index (χ0v) is 5.81. The molecule has 0 aliphatic rings. The summed E-state index contributed by atoms with van der Waals surface area (Å²) in [5.41, 5.74) is -0.378. The Bertz CT molecular complexity index is 343. The molecule has 0 unspecified atom stereocenters. The molecule has 0 radical (unpaired) electrons. The molecule has 0 fully saturated rings. The van der Waals surface area contributed by atoms with Gasteiger partial charge < -0.3 is 0 Å². The van der Waals surface area contributed by atoms with Crippen molar-refractivity contribution < 1.29 is 13.2 Å². The highest BCUT2D eigenvalue weighted by molar-refractivity contribution is 5.12. The van der Waals surface area contributed by atoms with Crippen LogP contribution < -0.4 is 0 Å². The topological polar surface area (TPSA) is 36.7 Å². The van der Waals surface area contributed by atoms with Gasteiger partial charge in [-0.1, -0.05) is 0 Å². The van der Waals surface area contributed by atoms with Gasteiger partial charge in [-0.3, -0.25) is 0 Å². The predicted molar refractivity (Wildman–Crippen MR) is 33.4 cm³/mol. The first-order chi connectivity index (χ1) is 5.65. The molecule has 1 aromatic rings. The second kappa shape index (κ2) is 3.22. The summed E-state index contributed by atoms with van der Waals surface area (Å²) in [7, 11) is 0. The van der Waals surface area contributed by atoms with Crippen molar-refractivity contribution in [3.63, 3.8) is 0 Å². The van der Waals surface area contributed by atoms with E-state index in [4.69, 9.17) is 5.26 Å². The Kier molecular flexibility index (Phi) is 2.29. The van der Waals surface area contributed by atoms with Crippen LogP contribution in [0.3, 0.4) is 0 Å². The molecular weight excluding hydrogens is 169 g/mol. The standard InChI is InChI=1S/C7H3F3N2/c8-4-3-5(9)7(10)12-6(4)1-2-11/h3H,1H2. The number of aromatic nitrogens is 1. The Hall–Kier alpha value is -1.57. The summed E-state index contributed by atoms with van der Waals surface area (Å²) in [5.74, 6) is -3.74. The molecule has 1 rings (SSSR count). The van der Waals surface area contributed by atoms with Crippen LogP contribution in [0.5, 0.6) is 0 Å². The van der Waals surface area contributed by atoms with Crippen molar-refractivity contribution in [1.82, 2.24) is 4.98 Å². The van der Waals surface area contributed by atoms with Gasteiger partial charge in [-0.2, -0.15) is 9.65 Å². The van der Waals surface area contributed by atoms with E-state index in [0.717, 1.165) is 0 Å². The second-order valence-corrected chi connectivity index (χ2v) is 2.02. The molecule has 0 aromatic carbocycles. The van der Waals surface area contributed by atoms with Gasteiger partial charge in [-0.25, -0.2) is 13.8 Å². The minimum atomic E-state index is -1.39. The quantitative estimate of drug-likeness (QED) is 0.603. The smallest absolute Gasteiger partial charge is 0.218 e. The van der Waals surface area contributed by atoms with Crippen molar-refractivity contribution in [3.8, 4) is 6.07 Å². The molecule has 2 nitrogen and oxygen atoms in total. The van der Waals surface area contributed by atoms with Crippen molar-refractivity contribution in [3.05, 3.63) is 29.3 Å². The van der Waals surface area contributed by atoms with Crippen LogP contribution in [0.1, 0.15) is 5.69 Å². The molecule has 0 aliphatic carbocycles. The molecule has 0 amide bonds. The lowest BCUT2D eigenvalue weighted by Gasteiger charge is -1.97. The van der Waals surface area contributed by atoms with Crippen molar-refractivity contribution in [2.45, 2.75) is 6.42 Å². The molecule has 0 saturated carbocycles. The third kappa shape index (κ3) is 1.53. The van der Waals surface area contributed by atoms with Crippen molar-refractivity contribution in [1.29, 1.82) is 5.26 Å². The van der Waals surface area contributed by atoms with E-state index in [-0.39, 0.29) is 12.1 Å². The lowest BCUT2D eigenvalue weighted by Crippen LogP contribution is -1.99. The van der Waals surface area contributed by atoms with Gasteiger partial charge >= 0.3 is 0 Å². The normalized spacial score (nSPS) is 9.50. The summed E-state index contributed by atoms with van der Waals surface area (Å²) in [5, 5.41) is 8.13. The van der Waals surface area contributed by atoms with E-state index in [2.05, 4.69) is 4.98 Å². The number of pyridine rings is 1. The first-order valence-corrected chi connectivity index (χ1v) is 3.02. The van der Waals surface area contributed by atoms with E-state index in [1.54, 1.807) is 6.07 Å². The number of rotatable bonds is 1. The van der Waals surface area contributed by atoms with E-state index in [0.29, 0.717) is 6.07 Å². The molecule has 5 heteroatoms. The van der Waals surface area contributed by atoms with Crippen LogP contribution in [-0.2, 0) is 6.42 Å². The molecule has 62 valence electrons. The van der Waals surface area contributed by atoms with Gasteiger partial charge in [0.05, 0.1) is 18.2 Å². The van der Waals surface area contributed by atoms with Gasteiger partial charge in [0.2, 0.25) is 5.95 Å². The van der Waals surface area contributed by atoms with Gasteiger partial charge in [-0.15, -0.1) is 0 Å². The van der Waals surface area contributed by atoms with E-state index >= 15 is 0 Å². The van der Waals surface area contributed by atoms with E-state index < -0.39 is 17.6 Å². The number of nitriles is 1. The molecule has 1 aromatic heterocycles. The first kappa shape index (κ1) is 8.53. The van der Waals surface area contributed by atoms with Gasteiger partial charge in [0.25, 0.3) is 0 Å². The lowest BCUT2D eigenvalue weighted by molar-refractivity contribution is 0.458. The molecular formula is C7H3F3N2. The fourth-order valence-corrected chi connectivity index (χ4v) is 0.678. The first-order valence-electron chi connectivity index (χ1n) is 3.02. The maximum Gasteiger partial charge on any atom is 0.249 e. The fraction of sp³-hybridized carbons (Fsp3) is 0.143. The summed E-state index contributed by atoms with van der Waals surface area (Å²) in [6.07, 6.45) is -0.372. The molecule has 1 heterocycles. The highest BCUT2D eigenvalue weighted by Gasteiger charge is 2.10.